The molecule has 256 valence electrons. The van der Waals surface area contributed by atoms with E-state index in [1.165, 1.54) is 0 Å². The van der Waals surface area contributed by atoms with E-state index in [1.807, 2.05) is 24.3 Å². The summed E-state index contributed by atoms with van der Waals surface area (Å²) >= 11 is 0. The van der Waals surface area contributed by atoms with Crippen LogP contribution in [0.2, 0.25) is 0 Å². The smallest absolute Gasteiger partial charge is 0.0463 e. The second-order valence-corrected chi connectivity index (χ2v) is 12.6. The Bertz CT molecular complexity index is 2060. The topological polar surface area (TPSA) is 42.6 Å². The summed E-state index contributed by atoms with van der Waals surface area (Å²) in [5.74, 6) is 0. The van der Waals surface area contributed by atoms with Crippen LogP contribution >= 0.6 is 0 Å². The lowest BCUT2D eigenvalue weighted by Crippen LogP contribution is -2.09. The van der Waals surface area contributed by atoms with E-state index in [-0.39, 0.29) is 0 Å². The molecule has 0 atom stereocenters. The molecule has 5 heteroatoms. The molecule has 0 saturated heterocycles. The molecular weight excluding hydrogens is 647 g/mol. The Morgan fingerprint density at radius 2 is 0.358 bits per heavy atom. The zero-order valence-corrected chi connectivity index (χ0v) is 29.2. The average Bonchev–Trinajstić information content (AvgIpc) is 3.22. The van der Waals surface area contributed by atoms with Crippen LogP contribution < -0.4 is 25.8 Å². The summed E-state index contributed by atoms with van der Waals surface area (Å²) in [6, 6.07) is 75.6. The maximum absolute atomic E-state index is 3.54. The third kappa shape index (κ3) is 8.06. The van der Waals surface area contributed by atoms with E-state index in [0.717, 1.165) is 68.2 Å². The van der Waals surface area contributed by atoms with Crippen molar-refractivity contribution < 1.29 is 0 Å². The highest BCUT2D eigenvalue weighted by Gasteiger charge is 2.13. The van der Waals surface area contributed by atoms with Crippen molar-refractivity contribution in [3.05, 3.63) is 218 Å². The minimum atomic E-state index is 1.02. The first-order chi connectivity index (χ1) is 26.2. The van der Waals surface area contributed by atoms with E-state index in [0.29, 0.717) is 0 Å². The highest BCUT2D eigenvalue weighted by atomic mass is 15.1. The molecule has 0 aliphatic rings. The summed E-state index contributed by atoms with van der Waals surface area (Å²) in [5, 5.41) is 10.6. The molecule has 0 bridgehead atoms. The zero-order valence-electron chi connectivity index (χ0n) is 29.2. The Morgan fingerprint density at radius 3 is 0.566 bits per heavy atom. The normalized spacial score (nSPS) is 10.6. The van der Waals surface area contributed by atoms with E-state index in [2.05, 4.69) is 220 Å². The summed E-state index contributed by atoms with van der Waals surface area (Å²) in [6.07, 6.45) is 0. The van der Waals surface area contributed by atoms with E-state index in [4.69, 9.17) is 0 Å². The van der Waals surface area contributed by atoms with Gasteiger partial charge in [0.1, 0.15) is 0 Å². The zero-order chi connectivity index (χ0) is 35.7. The van der Waals surface area contributed by atoms with Crippen molar-refractivity contribution in [2.45, 2.75) is 0 Å². The summed E-state index contributed by atoms with van der Waals surface area (Å²) in [6.45, 7) is 0. The summed E-state index contributed by atoms with van der Waals surface area (Å²) in [7, 11) is 0. The summed E-state index contributed by atoms with van der Waals surface area (Å²) in [4.78, 5) is 4.52. The fourth-order valence-electron chi connectivity index (χ4n) is 6.36. The molecular formula is C48H39N5. The van der Waals surface area contributed by atoms with Gasteiger partial charge in [0, 0.05) is 68.2 Å². The van der Waals surface area contributed by atoms with Gasteiger partial charge in [0.15, 0.2) is 0 Å². The Balaban J connectivity index is 0.882. The standard InChI is InChI=1S/C48H39N5/c1-5-13-43(14-6-1)52(44-15-7-2-8-16-44)47-33-29-41(30-34-47)50-39-25-21-37(22-26-39)49-38-23-27-40(28-24-38)51-42-31-35-48(36-32-42)53(45-17-9-3-10-18-45)46-19-11-4-12-20-46/h1-36,49-51H. The average molecular weight is 686 g/mol. The maximum atomic E-state index is 3.54. The lowest BCUT2D eigenvalue weighted by atomic mass is 10.1. The third-order valence-electron chi connectivity index (χ3n) is 8.94. The number of nitrogens with zero attached hydrogens (tertiary/aromatic N) is 2. The monoisotopic (exact) mass is 685 g/mol. The Labute approximate surface area is 311 Å². The minimum Gasteiger partial charge on any atom is -0.356 e. The van der Waals surface area contributed by atoms with Crippen molar-refractivity contribution in [3.8, 4) is 0 Å². The van der Waals surface area contributed by atoms with Gasteiger partial charge >= 0.3 is 0 Å². The van der Waals surface area contributed by atoms with Crippen molar-refractivity contribution in [1.29, 1.82) is 0 Å². The highest BCUT2D eigenvalue weighted by Crippen LogP contribution is 2.36. The molecule has 0 aliphatic heterocycles. The molecule has 0 heterocycles. The molecule has 0 spiro atoms. The van der Waals surface area contributed by atoms with Gasteiger partial charge in [-0.2, -0.15) is 0 Å². The van der Waals surface area contributed by atoms with Crippen molar-refractivity contribution in [2.75, 3.05) is 25.8 Å². The van der Waals surface area contributed by atoms with E-state index in [1.54, 1.807) is 0 Å². The molecule has 8 aromatic rings. The molecule has 8 rings (SSSR count). The number of anilines is 12. The Kier molecular flexibility index (Phi) is 9.79. The van der Waals surface area contributed by atoms with Gasteiger partial charge in [-0.05, 0) is 146 Å². The van der Waals surface area contributed by atoms with Crippen molar-refractivity contribution in [2.24, 2.45) is 0 Å². The van der Waals surface area contributed by atoms with Gasteiger partial charge in [-0.25, -0.2) is 0 Å². The van der Waals surface area contributed by atoms with Crippen LogP contribution in [0.4, 0.5) is 68.2 Å². The lowest BCUT2D eigenvalue weighted by Gasteiger charge is -2.25. The molecule has 0 unspecified atom stereocenters. The predicted octanol–water partition coefficient (Wildman–Crippen LogP) is 13.9. The first kappa shape index (κ1) is 32.9. The van der Waals surface area contributed by atoms with Gasteiger partial charge in [-0.3, -0.25) is 0 Å². The van der Waals surface area contributed by atoms with Crippen LogP contribution in [0.15, 0.2) is 218 Å². The first-order valence-corrected chi connectivity index (χ1v) is 17.8. The van der Waals surface area contributed by atoms with Crippen molar-refractivity contribution >= 4 is 68.2 Å². The molecule has 0 fully saturated rings. The van der Waals surface area contributed by atoms with Crippen molar-refractivity contribution in [3.63, 3.8) is 0 Å². The summed E-state index contributed by atoms with van der Waals surface area (Å²) < 4.78 is 0. The molecule has 0 aliphatic carbocycles. The van der Waals surface area contributed by atoms with E-state index >= 15 is 0 Å². The number of para-hydroxylation sites is 4. The fraction of sp³-hybridized carbons (Fsp3) is 0. The van der Waals surface area contributed by atoms with Crippen molar-refractivity contribution in [1.82, 2.24) is 0 Å². The van der Waals surface area contributed by atoms with E-state index < -0.39 is 0 Å². The first-order valence-electron chi connectivity index (χ1n) is 17.8. The quantitative estimate of drug-likeness (QED) is 0.119. The van der Waals surface area contributed by atoms with Crippen LogP contribution in [0.25, 0.3) is 0 Å². The lowest BCUT2D eigenvalue weighted by molar-refractivity contribution is 1.28. The van der Waals surface area contributed by atoms with Gasteiger partial charge in [-0.15, -0.1) is 0 Å². The van der Waals surface area contributed by atoms with Gasteiger partial charge in [0.25, 0.3) is 0 Å². The number of rotatable bonds is 12. The van der Waals surface area contributed by atoms with Crippen LogP contribution in [0.3, 0.4) is 0 Å². The molecule has 0 aromatic heterocycles. The Morgan fingerprint density at radius 1 is 0.189 bits per heavy atom. The second-order valence-electron chi connectivity index (χ2n) is 12.6. The molecule has 0 saturated carbocycles. The molecule has 3 N–H and O–H groups in total. The number of hydrogen-bond donors (Lipinski definition) is 3. The number of hydrogen-bond acceptors (Lipinski definition) is 5. The van der Waals surface area contributed by atoms with Crippen LogP contribution in [-0.2, 0) is 0 Å². The van der Waals surface area contributed by atoms with Gasteiger partial charge in [0.2, 0.25) is 0 Å². The third-order valence-corrected chi connectivity index (χ3v) is 8.94. The van der Waals surface area contributed by atoms with Crippen LogP contribution in [0.5, 0.6) is 0 Å². The Hall–Kier alpha value is -7.24. The van der Waals surface area contributed by atoms with Gasteiger partial charge in [-0.1, -0.05) is 72.8 Å². The number of nitrogens with one attached hydrogen (secondary N) is 3. The molecule has 5 nitrogen and oxygen atoms in total. The SMILES string of the molecule is c1ccc(N(c2ccccc2)c2ccc(Nc3ccc(Nc4ccc(Nc5ccc(N(c6ccccc6)c6ccccc6)cc5)cc4)cc3)cc2)cc1. The second kappa shape index (κ2) is 15.8. The van der Waals surface area contributed by atoms with Crippen LogP contribution in [0, 0.1) is 0 Å². The number of benzene rings is 8. The highest BCUT2D eigenvalue weighted by molar-refractivity contribution is 5.79. The summed E-state index contributed by atoms with van der Waals surface area (Å²) in [5.41, 5.74) is 12.8. The van der Waals surface area contributed by atoms with Crippen LogP contribution in [0.1, 0.15) is 0 Å². The molecule has 53 heavy (non-hydrogen) atoms. The van der Waals surface area contributed by atoms with Crippen LogP contribution in [-0.4, -0.2) is 0 Å². The van der Waals surface area contributed by atoms with Gasteiger partial charge in [0.05, 0.1) is 0 Å². The largest absolute Gasteiger partial charge is 0.356 e. The van der Waals surface area contributed by atoms with E-state index in [9.17, 15) is 0 Å². The minimum absolute atomic E-state index is 1.02. The van der Waals surface area contributed by atoms with Gasteiger partial charge < -0.3 is 25.8 Å². The molecule has 0 radical (unpaired) electrons. The predicted molar refractivity (Wildman–Crippen MR) is 225 cm³/mol. The fourth-order valence-corrected chi connectivity index (χ4v) is 6.36. The molecule has 8 aromatic carbocycles. The molecule has 0 amide bonds. The maximum Gasteiger partial charge on any atom is 0.0463 e.